The van der Waals surface area contributed by atoms with E-state index in [-0.39, 0.29) is 6.10 Å². The number of aromatic amines is 1. The molecular formula is C23H21FN4O2. The number of halogens is 1. The van der Waals surface area contributed by atoms with Crippen LogP contribution in [0.4, 0.5) is 4.39 Å². The van der Waals surface area contributed by atoms with E-state index >= 15 is 0 Å². The zero-order valence-electron chi connectivity index (χ0n) is 16.9. The second-order valence-electron chi connectivity index (χ2n) is 6.87. The number of pyridine rings is 2. The first-order valence-corrected chi connectivity index (χ1v) is 9.48. The van der Waals surface area contributed by atoms with E-state index < -0.39 is 5.95 Å². The first-order chi connectivity index (χ1) is 14.5. The number of aryl methyl sites for hydroxylation is 1. The van der Waals surface area contributed by atoms with Crippen LogP contribution in [0.5, 0.6) is 11.5 Å². The van der Waals surface area contributed by atoms with Crippen molar-refractivity contribution in [2.45, 2.75) is 20.0 Å². The first kappa shape index (κ1) is 19.6. The fourth-order valence-corrected chi connectivity index (χ4v) is 3.08. The van der Waals surface area contributed by atoms with E-state index in [0.29, 0.717) is 22.9 Å². The molecule has 0 aliphatic rings. The topological polar surface area (TPSA) is 72.9 Å². The molecule has 30 heavy (non-hydrogen) atoms. The number of nitrogens with zero attached hydrogens (tertiary/aromatic N) is 3. The zero-order chi connectivity index (χ0) is 21.1. The number of rotatable bonds is 6. The summed E-state index contributed by atoms with van der Waals surface area (Å²) in [6, 6.07) is 12.5. The molecule has 0 fully saturated rings. The number of aromatic nitrogens is 4. The molecule has 0 bridgehead atoms. The van der Waals surface area contributed by atoms with Gasteiger partial charge in [-0.3, -0.25) is 4.98 Å². The molecule has 0 amide bonds. The van der Waals surface area contributed by atoms with Gasteiger partial charge in [-0.15, -0.1) is 0 Å². The Labute approximate surface area is 173 Å². The van der Waals surface area contributed by atoms with Crippen molar-refractivity contribution >= 4 is 0 Å². The third-order valence-corrected chi connectivity index (χ3v) is 4.76. The highest BCUT2D eigenvalue weighted by Crippen LogP contribution is 2.34. The Morgan fingerprint density at radius 1 is 0.967 bits per heavy atom. The molecule has 4 aromatic rings. The lowest BCUT2D eigenvalue weighted by molar-refractivity contribution is 0.225. The molecule has 0 radical (unpaired) electrons. The minimum atomic E-state index is -0.529. The van der Waals surface area contributed by atoms with E-state index in [2.05, 4.69) is 19.9 Å². The molecule has 1 N–H and O–H groups in total. The lowest BCUT2D eigenvalue weighted by Gasteiger charge is -2.16. The van der Waals surface area contributed by atoms with Crippen LogP contribution in [0.25, 0.3) is 22.6 Å². The Morgan fingerprint density at radius 2 is 1.83 bits per heavy atom. The zero-order valence-corrected chi connectivity index (χ0v) is 16.9. The second kappa shape index (κ2) is 8.32. The van der Waals surface area contributed by atoms with Gasteiger partial charge in [0.15, 0.2) is 0 Å². The molecule has 3 aromatic heterocycles. The van der Waals surface area contributed by atoms with Crippen LogP contribution in [0.2, 0.25) is 0 Å². The summed E-state index contributed by atoms with van der Waals surface area (Å²) in [5.74, 6) is 1.40. The molecule has 3 heterocycles. The average Bonchev–Trinajstić information content (AvgIpc) is 3.24. The summed E-state index contributed by atoms with van der Waals surface area (Å²) in [6.45, 7) is 3.93. The number of H-pyrrole nitrogens is 1. The van der Waals surface area contributed by atoms with Crippen molar-refractivity contribution in [3.8, 4) is 34.1 Å². The van der Waals surface area contributed by atoms with Crippen molar-refractivity contribution in [1.82, 2.24) is 19.9 Å². The van der Waals surface area contributed by atoms with Crippen LogP contribution in [0.1, 0.15) is 24.3 Å². The Balaban J connectivity index is 1.57. The van der Waals surface area contributed by atoms with E-state index in [1.54, 1.807) is 19.4 Å². The molecule has 0 saturated heterocycles. The standard InChI is InChI=1S/C23H21FN4O2/c1-14-4-5-16(11-25-14)15(2)30-18-7-8-19(21(10-18)29-3)20-13-27-23(28-20)17-6-9-22(24)26-12-17/h4-13,15H,1-3H3,(H,27,28). The van der Waals surface area contributed by atoms with Gasteiger partial charge in [0.1, 0.15) is 23.4 Å². The van der Waals surface area contributed by atoms with Crippen LogP contribution >= 0.6 is 0 Å². The van der Waals surface area contributed by atoms with Gasteiger partial charge in [-0.05, 0) is 44.2 Å². The van der Waals surface area contributed by atoms with Gasteiger partial charge in [0, 0.05) is 40.8 Å². The van der Waals surface area contributed by atoms with Gasteiger partial charge < -0.3 is 14.5 Å². The summed E-state index contributed by atoms with van der Waals surface area (Å²) in [4.78, 5) is 15.6. The maximum Gasteiger partial charge on any atom is 0.212 e. The predicted molar refractivity (Wildman–Crippen MR) is 112 cm³/mol. The molecular weight excluding hydrogens is 383 g/mol. The van der Waals surface area contributed by atoms with Crippen molar-refractivity contribution in [1.29, 1.82) is 0 Å². The minimum absolute atomic E-state index is 0.154. The average molecular weight is 404 g/mol. The number of hydrogen-bond acceptors (Lipinski definition) is 5. The van der Waals surface area contributed by atoms with Crippen molar-refractivity contribution in [2.24, 2.45) is 0 Å². The highest BCUT2D eigenvalue weighted by Gasteiger charge is 2.14. The molecule has 0 spiro atoms. The van der Waals surface area contributed by atoms with Gasteiger partial charge in [0.2, 0.25) is 5.95 Å². The van der Waals surface area contributed by atoms with Crippen molar-refractivity contribution in [3.05, 3.63) is 78.3 Å². The smallest absolute Gasteiger partial charge is 0.212 e. The lowest BCUT2D eigenvalue weighted by atomic mass is 10.1. The number of imidazole rings is 1. The molecule has 1 aromatic carbocycles. The van der Waals surface area contributed by atoms with E-state index in [4.69, 9.17) is 9.47 Å². The molecule has 7 heteroatoms. The van der Waals surface area contributed by atoms with Crippen molar-refractivity contribution < 1.29 is 13.9 Å². The van der Waals surface area contributed by atoms with Gasteiger partial charge in [0.25, 0.3) is 0 Å². The van der Waals surface area contributed by atoms with Gasteiger partial charge in [-0.1, -0.05) is 6.07 Å². The third-order valence-electron chi connectivity index (χ3n) is 4.76. The number of nitrogens with one attached hydrogen (secondary N) is 1. The van der Waals surface area contributed by atoms with Crippen molar-refractivity contribution in [3.63, 3.8) is 0 Å². The molecule has 0 saturated carbocycles. The Bertz CT molecular complexity index is 1140. The second-order valence-corrected chi connectivity index (χ2v) is 6.87. The minimum Gasteiger partial charge on any atom is -0.496 e. The Hall–Kier alpha value is -3.74. The highest BCUT2D eigenvalue weighted by atomic mass is 19.1. The third kappa shape index (κ3) is 4.15. The Kier molecular flexibility index (Phi) is 5.43. The quantitative estimate of drug-likeness (QED) is 0.451. The highest BCUT2D eigenvalue weighted by molar-refractivity contribution is 5.70. The van der Waals surface area contributed by atoms with Crippen LogP contribution in [-0.4, -0.2) is 27.0 Å². The number of benzene rings is 1. The van der Waals surface area contributed by atoms with Gasteiger partial charge in [-0.25, -0.2) is 9.97 Å². The molecule has 6 nitrogen and oxygen atoms in total. The summed E-state index contributed by atoms with van der Waals surface area (Å²) >= 11 is 0. The summed E-state index contributed by atoms with van der Waals surface area (Å²) in [6.07, 6.45) is 4.81. The summed E-state index contributed by atoms with van der Waals surface area (Å²) in [5.41, 5.74) is 4.26. The number of hydrogen-bond donors (Lipinski definition) is 1. The summed E-state index contributed by atoms with van der Waals surface area (Å²) in [7, 11) is 1.61. The summed E-state index contributed by atoms with van der Waals surface area (Å²) in [5, 5.41) is 0. The largest absolute Gasteiger partial charge is 0.496 e. The fraction of sp³-hybridized carbons (Fsp3) is 0.174. The first-order valence-electron chi connectivity index (χ1n) is 9.48. The fourth-order valence-electron chi connectivity index (χ4n) is 3.08. The predicted octanol–water partition coefficient (Wildman–Crippen LogP) is 5.13. The molecule has 1 atom stereocenters. The van der Waals surface area contributed by atoms with E-state index in [9.17, 15) is 4.39 Å². The van der Waals surface area contributed by atoms with Crippen LogP contribution in [0, 0.1) is 12.9 Å². The molecule has 152 valence electrons. The summed E-state index contributed by atoms with van der Waals surface area (Å²) < 4.78 is 24.7. The molecule has 1 unspecified atom stereocenters. The molecule has 4 rings (SSSR count). The maximum absolute atomic E-state index is 13.1. The van der Waals surface area contributed by atoms with E-state index in [0.717, 1.165) is 22.5 Å². The monoisotopic (exact) mass is 404 g/mol. The van der Waals surface area contributed by atoms with Crippen LogP contribution in [-0.2, 0) is 0 Å². The number of ether oxygens (including phenoxy) is 2. The molecule has 0 aliphatic carbocycles. The lowest BCUT2D eigenvalue weighted by Crippen LogP contribution is -2.04. The van der Waals surface area contributed by atoms with E-state index in [1.807, 2.05) is 50.4 Å². The normalized spacial score (nSPS) is 11.9. The van der Waals surface area contributed by atoms with Gasteiger partial charge >= 0.3 is 0 Å². The van der Waals surface area contributed by atoms with Crippen LogP contribution < -0.4 is 9.47 Å². The number of methoxy groups -OCH3 is 1. The van der Waals surface area contributed by atoms with Gasteiger partial charge in [0.05, 0.1) is 19.0 Å². The van der Waals surface area contributed by atoms with E-state index in [1.165, 1.54) is 12.3 Å². The Morgan fingerprint density at radius 3 is 2.53 bits per heavy atom. The molecule has 0 aliphatic heterocycles. The van der Waals surface area contributed by atoms with Crippen LogP contribution in [0.3, 0.4) is 0 Å². The maximum atomic E-state index is 13.1. The van der Waals surface area contributed by atoms with Crippen molar-refractivity contribution in [2.75, 3.05) is 7.11 Å². The van der Waals surface area contributed by atoms with Crippen LogP contribution in [0.15, 0.2) is 61.1 Å². The van der Waals surface area contributed by atoms with Gasteiger partial charge in [-0.2, -0.15) is 4.39 Å². The SMILES string of the molecule is COc1cc(OC(C)c2ccc(C)nc2)ccc1-c1cnc(-c2ccc(F)nc2)[nH]1.